The number of esters is 1. The lowest BCUT2D eigenvalue weighted by Gasteiger charge is -2.06. The van der Waals surface area contributed by atoms with E-state index in [0.717, 1.165) is 12.1 Å². The molecule has 3 rings (SSSR count). The fraction of sp³-hybridized carbons (Fsp3) is 0.200. The summed E-state index contributed by atoms with van der Waals surface area (Å²) in [5, 5.41) is 3.60. The molecule has 29 heavy (non-hydrogen) atoms. The van der Waals surface area contributed by atoms with Crippen LogP contribution in [0.5, 0.6) is 0 Å². The highest BCUT2D eigenvalue weighted by Gasteiger charge is 2.30. The van der Waals surface area contributed by atoms with Gasteiger partial charge in [0.2, 0.25) is 5.82 Å². The minimum absolute atomic E-state index is 0.0117. The summed E-state index contributed by atoms with van der Waals surface area (Å²) in [7, 11) is 0. The smallest absolute Gasteiger partial charge is 0.416 e. The molecule has 6 nitrogen and oxygen atoms in total. The van der Waals surface area contributed by atoms with Gasteiger partial charge in [0, 0.05) is 17.5 Å². The molecule has 9 heteroatoms. The molecule has 0 atom stereocenters. The highest BCUT2D eigenvalue weighted by atomic mass is 19.4. The number of benzene rings is 2. The van der Waals surface area contributed by atoms with Gasteiger partial charge in [-0.15, -0.1) is 0 Å². The van der Waals surface area contributed by atoms with Gasteiger partial charge in [0.25, 0.3) is 5.89 Å². The molecule has 0 bridgehead atoms. The van der Waals surface area contributed by atoms with E-state index >= 15 is 0 Å². The van der Waals surface area contributed by atoms with Gasteiger partial charge in [0.15, 0.2) is 12.4 Å². The summed E-state index contributed by atoms with van der Waals surface area (Å²) in [5.74, 6) is -0.943. The largest absolute Gasteiger partial charge is 0.456 e. The lowest BCUT2D eigenvalue weighted by atomic mass is 10.1. The van der Waals surface area contributed by atoms with Crippen LogP contribution in [0.4, 0.5) is 13.2 Å². The average Bonchev–Trinajstić information content (AvgIpc) is 3.20. The Hall–Kier alpha value is -3.49. The fourth-order valence-corrected chi connectivity index (χ4v) is 2.46. The SMILES string of the molecule is O=C(CCC(=O)c1ccccc1)OCc1nc(-c2cccc(C(F)(F)F)c2)no1. The van der Waals surface area contributed by atoms with Gasteiger partial charge in [0.05, 0.1) is 12.0 Å². The summed E-state index contributed by atoms with van der Waals surface area (Å²) in [6.07, 6.45) is -4.63. The summed E-state index contributed by atoms with van der Waals surface area (Å²) >= 11 is 0. The Bertz CT molecular complexity index is 1000. The van der Waals surface area contributed by atoms with Crippen molar-refractivity contribution in [2.24, 2.45) is 0 Å². The second-order valence-corrected chi connectivity index (χ2v) is 6.04. The predicted octanol–water partition coefficient (Wildman–Crippen LogP) is 4.46. The minimum Gasteiger partial charge on any atom is -0.456 e. The van der Waals surface area contributed by atoms with Gasteiger partial charge >= 0.3 is 12.1 Å². The Morgan fingerprint density at radius 1 is 1.00 bits per heavy atom. The van der Waals surface area contributed by atoms with Crippen molar-refractivity contribution in [2.75, 3.05) is 0 Å². The Balaban J connectivity index is 1.53. The number of alkyl halides is 3. The number of ketones is 1. The third-order valence-corrected chi connectivity index (χ3v) is 3.92. The van der Waals surface area contributed by atoms with Crippen LogP contribution in [-0.4, -0.2) is 21.9 Å². The normalized spacial score (nSPS) is 11.3. The van der Waals surface area contributed by atoms with Crippen molar-refractivity contribution >= 4 is 11.8 Å². The zero-order valence-corrected chi connectivity index (χ0v) is 15.0. The zero-order chi connectivity index (χ0) is 20.9. The molecule has 2 aromatic carbocycles. The molecule has 0 spiro atoms. The summed E-state index contributed by atoms with van der Waals surface area (Å²) in [6, 6.07) is 13.0. The second-order valence-electron chi connectivity index (χ2n) is 6.04. The van der Waals surface area contributed by atoms with E-state index in [1.807, 2.05) is 0 Å². The first kappa shape index (κ1) is 20.2. The van der Waals surface area contributed by atoms with Crippen LogP contribution in [0.3, 0.4) is 0 Å². The maximum atomic E-state index is 12.8. The van der Waals surface area contributed by atoms with E-state index in [1.54, 1.807) is 30.3 Å². The molecule has 0 saturated carbocycles. The molecular weight excluding hydrogens is 389 g/mol. The number of ether oxygens (including phenoxy) is 1. The predicted molar refractivity (Wildman–Crippen MR) is 94.5 cm³/mol. The average molecular weight is 404 g/mol. The third-order valence-electron chi connectivity index (χ3n) is 3.92. The molecule has 3 aromatic rings. The maximum absolute atomic E-state index is 12.8. The van der Waals surface area contributed by atoms with E-state index in [0.29, 0.717) is 5.56 Å². The van der Waals surface area contributed by atoms with Crippen LogP contribution < -0.4 is 0 Å². The standard InChI is InChI=1S/C20H15F3N2O4/c21-20(22,23)15-8-4-7-14(11-15)19-24-17(29-25-19)12-28-18(27)10-9-16(26)13-5-2-1-3-6-13/h1-8,11H,9-10,12H2. The summed E-state index contributed by atoms with van der Waals surface area (Å²) in [5.41, 5.74) is -0.214. The van der Waals surface area contributed by atoms with Crippen LogP contribution >= 0.6 is 0 Å². The number of aromatic nitrogens is 2. The molecule has 0 radical (unpaired) electrons. The number of hydrogen-bond donors (Lipinski definition) is 0. The maximum Gasteiger partial charge on any atom is 0.416 e. The van der Waals surface area contributed by atoms with Gasteiger partial charge < -0.3 is 9.26 Å². The van der Waals surface area contributed by atoms with Crippen molar-refractivity contribution < 1.29 is 32.0 Å². The number of nitrogens with zero attached hydrogens (tertiary/aromatic N) is 2. The lowest BCUT2D eigenvalue weighted by Crippen LogP contribution is -2.08. The van der Waals surface area contributed by atoms with Crippen LogP contribution in [0.25, 0.3) is 11.4 Å². The fourth-order valence-electron chi connectivity index (χ4n) is 2.46. The minimum atomic E-state index is -4.49. The molecule has 0 amide bonds. The lowest BCUT2D eigenvalue weighted by molar-refractivity contribution is -0.145. The van der Waals surface area contributed by atoms with Crippen LogP contribution in [0.2, 0.25) is 0 Å². The van der Waals surface area contributed by atoms with Gasteiger partial charge in [-0.1, -0.05) is 47.6 Å². The van der Waals surface area contributed by atoms with Crippen LogP contribution in [0, 0.1) is 0 Å². The van der Waals surface area contributed by atoms with E-state index in [9.17, 15) is 22.8 Å². The number of carbonyl (C=O) groups is 2. The van der Waals surface area contributed by atoms with Crippen LogP contribution in [0.1, 0.15) is 34.7 Å². The Labute approximate surface area is 163 Å². The van der Waals surface area contributed by atoms with E-state index < -0.39 is 17.7 Å². The third kappa shape index (κ3) is 5.50. The van der Waals surface area contributed by atoms with E-state index in [-0.39, 0.29) is 42.5 Å². The number of halogens is 3. The number of carbonyl (C=O) groups excluding carboxylic acids is 2. The van der Waals surface area contributed by atoms with Gasteiger partial charge in [0.1, 0.15) is 0 Å². The summed E-state index contributed by atoms with van der Waals surface area (Å²) in [4.78, 5) is 27.7. The molecule has 0 N–H and O–H groups in total. The topological polar surface area (TPSA) is 82.3 Å². The van der Waals surface area contributed by atoms with Crippen molar-refractivity contribution in [2.45, 2.75) is 25.6 Å². The zero-order valence-electron chi connectivity index (χ0n) is 15.0. The van der Waals surface area contributed by atoms with Crippen molar-refractivity contribution in [1.29, 1.82) is 0 Å². The molecule has 1 heterocycles. The monoisotopic (exact) mass is 404 g/mol. The van der Waals surface area contributed by atoms with Gasteiger partial charge in [-0.25, -0.2) is 0 Å². The van der Waals surface area contributed by atoms with Crippen LogP contribution in [0.15, 0.2) is 59.1 Å². The molecule has 0 fully saturated rings. The molecule has 0 unspecified atom stereocenters. The molecule has 0 saturated heterocycles. The summed E-state index contributed by atoms with van der Waals surface area (Å²) < 4.78 is 48.2. The van der Waals surface area contributed by atoms with E-state index in [2.05, 4.69) is 10.1 Å². The van der Waals surface area contributed by atoms with Crippen molar-refractivity contribution in [1.82, 2.24) is 10.1 Å². The van der Waals surface area contributed by atoms with Crippen molar-refractivity contribution in [3.05, 3.63) is 71.6 Å². The molecule has 0 aliphatic rings. The van der Waals surface area contributed by atoms with Crippen LogP contribution in [-0.2, 0) is 22.3 Å². The van der Waals surface area contributed by atoms with Gasteiger partial charge in [-0.05, 0) is 12.1 Å². The highest BCUT2D eigenvalue weighted by Crippen LogP contribution is 2.31. The first-order valence-electron chi connectivity index (χ1n) is 8.57. The van der Waals surface area contributed by atoms with E-state index in [4.69, 9.17) is 9.26 Å². The van der Waals surface area contributed by atoms with E-state index in [1.165, 1.54) is 12.1 Å². The first-order chi connectivity index (χ1) is 13.8. The Morgan fingerprint density at radius 3 is 2.48 bits per heavy atom. The molecule has 1 aromatic heterocycles. The summed E-state index contributed by atoms with van der Waals surface area (Å²) in [6.45, 7) is -0.343. The molecule has 0 aliphatic heterocycles. The van der Waals surface area contributed by atoms with Gasteiger partial charge in [-0.3, -0.25) is 9.59 Å². The Kier molecular flexibility index (Phi) is 6.06. The Morgan fingerprint density at radius 2 is 1.76 bits per heavy atom. The highest BCUT2D eigenvalue weighted by molar-refractivity contribution is 5.97. The second kappa shape index (κ2) is 8.68. The number of hydrogen-bond acceptors (Lipinski definition) is 6. The molecular formula is C20H15F3N2O4. The number of Topliss-reactive ketones (excluding diaryl/α,β-unsaturated/α-hetero) is 1. The van der Waals surface area contributed by atoms with Crippen molar-refractivity contribution in [3.8, 4) is 11.4 Å². The van der Waals surface area contributed by atoms with Gasteiger partial charge in [-0.2, -0.15) is 18.2 Å². The molecule has 150 valence electrons. The van der Waals surface area contributed by atoms with Crippen molar-refractivity contribution in [3.63, 3.8) is 0 Å². The first-order valence-corrected chi connectivity index (χ1v) is 8.57. The molecule has 0 aliphatic carbocycles. The quantitative estimate of drug-likeness (QED) is 0.427. The number of rotatable bonds is 7.